The summed E-state index contributed by atoms with van der Waals surface area (Å²) in [4.78, 5) is 12.2. The van der Waals surface area contributed by atoms with Gasteiger partial charge >= 0.3 is 0 Å². The first kappa shape index (κ1) is 13.6. The molecule has 98 valence electrons. The lowest BCUT2D eigenvalue weighted by Gasteiger charge is -2.15. The number of likely N-dealkylation sites (N-methyl/N-ethyl adjacent to an activating group) is 1. The van der Waals surface area contributed by atoms with Crippen LogP contribution in [0.15, 0.2) is 10.5 Å². The third-order valence-corrected chi connectivity index (χ3v) is 4.05. The molecule has 18 heavy (non-hydrogen) atoms. The number of fused-ring (bicyclic) bond motifs is 1. The number of nitrogens with one attached hydrogen (secondary N) is 1. The molecule has 3 nitrogen and oxygen atoms in total. The van der Waals surface area contributed by atoms with Crippen LogP contribution in [0.25, 0.3) is 0 Å². The van der Waals surface area contributed by atoms with E-state index in [0.717, 1.165) is 31.2 Å². The number of aromatic hydroxyl groups is 1. The lowest BCUT2D eigenvalue weighted by Crippen LogP contribution is -2.20. The van der Waals surface area contributed by atoms with Crippen molar-refractivity contribution in [2.75, 3.05) is 13.6 Å². The van der Waals surface area contributed by atoms with E-state index in [9.17, 15) is 9.90 Å². The Morgan fingerprint density at radius 1 is 1.39 bits per heavy atom. The van der Waals surface area contributed by atoms with Gasteiger partial charge in [0.1, 0.15) is 5.75 Å². The third kappa shape index (κ3) is 2.59. The Bertz CT molecular complexity index is 471. The number of benzene rings is 1. The lowest BCUT2D eigenvalue weighted by atomic mass is 9.93. The van der Waals surface area contributed by atoms with Gasteiger partial charge < -0.3 is 10.4 Å². The number of rotatable bonds is 3. The van der Waals surface area contributed by atoms with Gasteiger partial charge in [-0.1, -0.05) is 6.42 Å². The van der Waals surface area contributed by atoms with Crippen molar-refractivity contribution in [1.82, 2.24) is 5.32 Å². The van der Waals surface area contributed by atoms with Crippen LogP contribution < -0.4 is 5.32 Å². The number of phenolic OH excluding ortho intramolecular Hbond substituents is 1. The Balaban J connectivity index is 2.54. The van der Waals surface area contributed by atoms with Crippen molar-refractivity contribution < 1.29 is 9.90 Å². The minimum Gasteiger partial charge on any atom is -0.506 e. The van der Waals surface area contributed by atoms with Gasteiger partial charge in [-0.15, -0.1) is 0 Å². The number of carbonyl (C=O) groups excluding carboxylic acids is 1. The molecule has 1 aliphatic rings. The molecule has 0 amide bonds. The number of halogens is 1. The van der Waals surface area contributed by atoms with Gasteiger partial charge in [-0.2, -0.15) is 0 Å². The first-order chi connectivity index (χ1) is 8.65. The molecule has 0 saturated carbocycles. The molecule has 0 radical (unpaired) electrons. The normalized spacial score (nSPS) is 15.0. The molecular weight excluding hydrogens is 294 g/mol. The maximum atomic E-state index is 12.2. The fraction of sp³-hybridized carbons (Fsp3) is 0.500. The smallest absolute Gasteiger partial charge is 0.180 e. The molecule has 0 heterocycles. The molecule has 2 rings (SSSR count). The van der Waals surface area contributed by atoms with E-state index < -0.39 is 0 Å². The minimum absolute atomic E-state index is 0.0329. The van der Waals surface area contributed by atoms with E-state index in [1.807, 2.05) is 6.07 Å². The molecule has 0 spiro atoms. The number of hydrogen-bond donors (Lipinski definition) is 2. The first-order valence-corrected chi connectivity index (χ1v) is 7.15. The lowest BCUT2D eigenvalue weighted by molar-refractivity contribution is 0.0990. The number of hydrogen-bond acceptors (Lipinski definition) is 3. The molecule has 0 fully saturated rings. The maximum Gasteiger partial charge on any atom is 0.180 e. The second-order valence-corrected chi connectivity index (χ2v) is 5.59. The molecule has 1 aromatic carbocycles. The monoisotopic (exact) mass is 311 g/mol. The highest BCUT2D eigenvalue weighted by molar-refractivity contribution is 9.10. The van der Waals surface area contributed by atoms with E-state index in [1.54, 1.807) is 7.05 Å². The van der Waals surface area contributed by atoms with Gasteiger partial charge in [0.25, 0.3) is 0 Å². The van der Waals surface area contributed by atoms with Crippen LogP contribution in [0.2, 0.25) is 0 Å². The largest absolute Gasteiger partial charge is 0.506 e. The Kier molecular flexibility index (Phi) is 4.40. The zero-order valence-electron chi connectivity index (χ0n) is 10.6. The van der Waals surface area contributed by atoms with Crippen molar-refractivity contribution >= 4 is 21.7 Å². The van der Waals surface area contributed by atoms with Gasteiger partial charge in [0.2, 0.25) is 0 Å². The number of phenols is 1. The Morgan fingerprint density at radius 3 is 2.83 bits per heavy atom. The Labute approximate surface area is 116 Å². The summed E-state index contributed by atoms with van der Waals surface area (Å²) in [6, 6.07) is 1.96. The van der Waals surface area contributed by atoms with Crippen LogP contribution in [0, 0.1) is 0 Å². The van der Waals surface area contributed by atoms with Crippen molar-refractivity contribution in [3.63, 3.8) is 0 Å². The maximum absolute atomic E-state index is 12.2. The highest BCUT2D eigenvalue weighted by Crippen LogP contribution is 2.36. The number of carbonyl (C=O) groups is 1. The zero-order valence-corrected chi connectivity index (χ0v) is 12.1. The standard InChI is InChI=1S/C14H18BrNO2/c1-16-8-12(17)13-10-6-4-2-3-5-9(10)7-11(15)14(13)18/h7,16,18H,2-6,8H2,1H3. The van der Waals surface area contributed by atoms with Crippen molar-refractivity contribution in [1.29, 1.82) is 0 Å². The van der Waals surface area contributed by atoms with Gasteiger partial charge in [-0.3, -0.25) is 4.79 Å². The van der Waals surface area contributed by atoms with Crippen molar-refractivity contribution in [3.05, 3.63) is 27.2 Å². The fourth-order valence-electron chi connectivity index (χ4n) is 2.58. The molecule has 2 N–H and O–H groups in total. The summed E-state index contributed by atoms with van der Waals surface area (Å²) >= 11 is 3.35. The first-order valence-electron chi connectivity index (χ1n) is 6.36. The molecule has 0 saturated heterocycles. The van der Waals surface area contributed by atoms with Crippen LogP contribution in [0.1, 0.15) is 40.7 Å². The Hall–Kier alpha value is -0.870. The van der Waals surface area contributed by atoms with E-state index in [4.69, 9.17) is 0 Å². The molecule has 0 unspecified atom stereocenters. The molecular formula is C14H18BrNO2. The summed E-state index contributed by atoms with van der Waals surface area (Å²) in [7, 11) is 1.74. The molecule has 1 aromatic rings. The topological polar surface area (TPSA) is 49.3 Å². The van der Waals surface area contributed by atoms with Crippen molar-refractivity contribution in [3.8, 4) is 5.75 Å². The van der Waals surface area contributed by atoms with E-state index in [0.29, 0.717) is 10.0 Å². The zero-order chi connectivity index (χ0) is 13.1. The van der Waals surface area contributed by atoms with E-state index >= 15 is 0 Å². The van der Waals surface area contributed by atoms with Gasteiger partial charge in [-0.05, 0) is 65.9 Å². The highest BCUT2D eigenvalue weighted by atomic mass is 79.9. The van der Waals surface area contributed by atoms with Crippen LogP contribution >= 0.6 is 15.9 Å². The van der Waals surface area contributed by atoms with Gasteiger partial charge in [0.15, 0.2) is 5.78 Å². The molecule has 0 aliphatic heterocycles. The molecule has 0 bridgehead atoms. The Morgan fingerprint density at radius 2 is 2.11 bits per heavy atom. The van der Waals surface area contributed by atoms with Crippen LogP contribution in [0.4, 0.5) is 0 Å². The van der Waals surface area contributed by atoms with Crippen molar-refractivity contribution in [2.24, 2.45) is 0 Å². The third-order valence-electron chi connectivity index (χ3n) is 3.44. The van der Waals surface area contributed by atoms with Gasteiger partial charge in [0.05, 0.1) is 16.6 Å². The van der Waals surface area contributed by atoms with Crippen LogP contribution in [0.3, 0.4) is 0 Å². The summed E-state index contributed by atoms with van der Waals surface area (Å²) in [5.74, 6) is 0.0605. The SMILES string of the molecule is CNCC(=O)c1c(O)c(Br)cc2c1CCCCC2. The summed E-state index contributed by atoms with van der Waals surface area (Å²) in [6.07, 6.45) is 5.32. The van der Waals surface area contributed by atoms with E-state index in [1.165, 1.54) is 12.0 Å². The second kappa shape index (κ2) is 5.85. The van der Waals surface area contributed by atoms with Crippen molar-refractivity contribution in [2.45, 2.75) is 32.1 Å². The van der Waals surface area contributed by atoms with Gasteiger partial charge in [0, 0.05) is 0 Å². The van der Waals surface area contributed by atoms with Gasteiger partial charge in [-0.25, -0.2) is 0 Å². The van der Waals surface area contributed by atoms with Crippen LogP contribution in [0.5, 0.6) is 5.75 Å². The fourth-order valence-corrected chi connectivity index (χ4v) is 3.06. The minimum atomic E-state index is -0.0329. The molecule has 1 aliphatic carbocycles. The predicted octanol–water partition coefficient (Wildman–Crippen LogP) is 2.83. The number of ketones is 1. The number of aryl methyl sites for hydroxylation is 1. The van der Waals surface area contributed by atoms with E-state index in [-0.39, 0.29) is 18.1 Å². The molecule has 4 heteroatoms. The molecule has 0 aromatic heterocycles. The van der Waals surface area contributed by atoms with Crippen LogP contribution in [-0.2, 0) is 12.8 Å². The predicted molar refractivity (Wildman–Crippen MR) is 75.3 cm³/mol. The highest BCUT2D eigenvalue weighted by Gasteiger charge is 2.22. The second-order valence-electron chi connectivity index (χ2n) is 4.73. The quantitative estimate of drug-likeness (QED) is 0.666. The van der Waals surface area contributed by atoms with E-state index in [2.05, 4.69) is 21.2 Å². The number of Topliss-reactive ketones (excluding diaryl/α,β-unsaturated/α-hetero) is 1. The average molecular weight is 312 g/mol. The summed E-state index contributed by atoms with van der Waals surface area (Å²) in [5.41, 5.74) is 2.76. The average Bonchev–Trinajstić information content (AvgIpc) is 2.56. The van der Waals surface area contributed by atoms with Crippen LogP contribution in [-0.4, -0.2) is 24.5 Å². The summed E-state index contributed by atoms with van der Waals surface area (Å²) in [6.45, 7) is 0.260. The summed E-state index contributed by atoms with van der Waals surface area (Å²) in [5, 5.41) is 13.0. The molecule has 0 atom stereocenters. The summed E-state index contributed by atoms with van der Waals surface area (Å²) < 4.78 is 0.627.